The number of nitrogens with zero attached hydrogens (tertiary/aromatic N) is 2. The highest BCUT2D eigenvalue weighted by molar-refractivity contribution is 7.18. The van der Waals surface area contributed by atoms with Crippen molar-refractivity contribution in [3.05, 3.63) is 45.4 Å². The molecule has 1 aliphatic carbocycles. The van der Waals surface area contributed by atoms with Crippen molar-refractivity contribution in [3.8, 4) is 0 Å². The van der Waals surface area contributed by atoms with E-state index in [1.807, 2.05) is 24.4 Å². The van der Waals surface area contributed by atoms with E-state index in [2.05, 4.69) is 28.3 Å². The van der Waals surface area contributed by atoms with Crippen LogP contribution >= 0.6 is 22.7 Å². The number of nitrogens with one attached hydrogen (secondary N) is 1. The van der Waals surface area contributed by atoms with Gasteiger partial charge in [-0.1, -0.05) is 12.1 Å². The van der Waals surface area contributed by atoms with Crippen LogP contribution in [0.15, 0.2) is 30.5 Å². The lowest BCUT2D eigenvalue weighted by Crippen LogP contribution is -2.29. The zero-order valence-corrected chi connectivity index (χ0v) is 15.8. The molecule has 0 saturated heterocycles. The van der Waals surface area contributed by atoms with Crippen molar-refractivity contribution in [2.24, 2.45) is 5.92 Å². The lowest BCUT2D eigenvalue weighted by atomic mass is 10.1. The molecule has 1 fully saturated rings. The number of carbonyl (C=O) groups excluding carboxylic acids is 1. The molecule has 4 nitrogen and oxygen atoms in total. The summed E-state index contributed by atoms with van der Waals surface area (Å²) in [5.74, 6) is 0.699. The van der Waals surface area contributed by atoms with Gasteiger partial charge in [-0.25, -0.2) is 9.97 Å². The zero-order valence-electron chi connectivity index (χ0n) is 14.2. The van der Waals surface area contributed by atoms with Gasteiger partial charge in [-0.3, -0.25) is 4.79 Å². The summed E-state index contributed by atoms with van der Waals surface area (Å²) >= 11 is 3.42. The van der Waals surface area contributed by atoms with Gasteiger partial charge in [0.15, 0.2) is 0 Å². The summed E-state index contributed by atoms with van der Waals surface area (Å²) in [6.07, 6.45) is 6.51. The van der Waals surface area contributed by atoms with Gasteiger partial charge in [0.25, 0.3) is 0 Å². The van der Waals surface area contributed by atoms with Gasteiger partial charge < -0.3 is 5.32 Å². The molecule has 0 aliphatic heterocycles. The highest BCUT2D eigenvalue weighted by Crippen LogP contribution is 2.42. The van der Waals surface area contributed by atoms with E-state index in [1.165, 1.54) is 22.4 Å². The van der Waals surface area contributed by atoms with Gasteiger partial charge >= 0.3 is 0 Å². The molecule has 2 aromatic heterocycles. The molecular weight excluding hydrogens is 350 g/mol. The second kappa shape index (κ2) is 7.22. The summed E-state index contributed by atoms with van der Waals surface area (Å²) in [4.78, 5) is 22.7. The summed E-state index contributed by atoms with van der Waals surface area (Å²) in [6, 6.07) is 8.29. The predicted octanol–water partition coefficient (Wildman–Crippen LogP) is 4.65. The van der Waals surface area contributed by atoms with Crippen LogP contribution in [-0.4, -0.2) is 15.9 Å². The molecule has 1 atom stereocenters. The molecule has 3 aromatic rings. The van der Waals surface area contributed by atoms with Crippen LogP contribution in [0.4, 0.5) is 0 Å². The van der Waals surface area contributed by atoms with Crippen molar-refractivity contribution in [1.82, 2.24) is 15.3 Å². The van der Waals surface area contributed by atoms with E-state index >= 15 is 0 Å². The lowest BCUT2D eigenvalue weighted by Gasteiger charge is -2.15. The van der Waals surface area contributed by atoms with E-state index in [4.69, 9.17) is 0 Å². The van der Waals surface area contributed by atoms with Crippen LogP contribution in [0.25, 0.3) is 10.2 Å². The van der Waals surface area contributed by atoms with Gasteiger partial charge in [0.05, 0.1) is 21.3 Å². The SMILES string of the molecule is Cc1cnc([C@H](NC(=O)CCCc2nc3ccccc3s2)C2CC2)s1. The predicted molar refractivity (Wildman–Crippen MR) is 103 cm³/mol. The Labute approximate surface area is 155 Å². The Morgan fingerprint density at radius 3 is 2.88 bits per heavy atom. The molecule has 1 saturated carbocycles. The van der Waals surface area contributed by atoms with Crippen molar-refractivity contribution in [1.29, 1.82) is 0 Å². The number of carbonyl (C=O) groups is 1. The number of fused-ring (bicyclic) bond motifs is 1. The zero-order chi connectivity index (χ0) is 17.2. The number of aryl methyl sites for hydroxylation is 2. The number of para-hydroxylation sites is 1. The molecular formula is C19H21N3OS2. The van der Waals surface area contributed by atoms with Crippen LogP contribution in [0.1, 0.15) is 46.6 Å². The fourth-order valence-electron chi connectivity index (χ4n) is 3.00. The third kappa shape index (κ3) is 4.07. The molecule has 0 spiro atoms. The van der Waals surface area contributed by atoms with E-state index < -0.39 is 0 Å². The summed E-state index contributed by atoms with van der Waals surface area (Å²) in [6.45, 7) is 2.06. The molecule has 4 rings (SSSR count). The highest BCUT2D eigenvalue weighted by Gasteiger charge is 2.35. The molecule has 130 valence electrons. The van der Waals surface area contributed by atoms with Crippen molar-refractivity contribution in [2.45, 2.75) is 45.1 Å². The average Bonchev–Trinajstić information content (AvgIpc) is 3.21. The smallest absolute Gasteiger partial charge is 0.220 e. The van der Waals surface area contributed by atoms with Crippen molar-refractivity contribution < 1.29 is 4.79 Å². The Kier molecular flexibility index (Phi) is 4.81. The third-order valence-electron chi connectivity index (χ3n) is 4.45. The largest absolute Gasteiger partial charge is 0.347 e. The lowest BCUT2D eigenvalue weighted by molar-refractivity contribution is -0.122. The average molecular weight is 372 g/mol. The summed E-state index contributed by atoms with van der Waals surface area (Å²) in [5.41, 5.74) is 1.06. The van der Waals surface area contributed by atoms with Crippen LogP contribution in [0, 0.1) is 12.8 Å². The summed E-state index contributed by atoms with van der Waals surface area (Å²) in [5, 5.41) is 5.38. The van der Waals surface area contributed by atoms with Crippen LogP contribution in [0.3, 0.4) is 0 Å². The maximum absolute atomic E-state index is 12.4. The maximum Gasteiger partial charge on any atom is 0.220 e. The molecule has 6 heteroatoms. The Morgan fingerprint density at radius 1 is 1.32 bits per heavy atom. The minimum absolute atomic E-state index is 0.105. The first-order valence-electron chi connectivity index (χ1n) is 8.75. The molecule has 1 aromatic carbocycles. The molecule has 1 N–H and O–H groups in total. The molecule has 1 aliphatic rings. The number of benzene rings is 1. The van der Waals surface area contributed by atoms with Gasteiger partial charge in [-0.2, -0.15) is 0 Å². The quantitative estimate of drug-likeness (QED) is 0.658. The number of amides is 1. The molecule has 1 amide bonds. The maximum atomic E-state index is 12.4. The van der Waals surface area contributed by atoms with Crippen molar-refractivity contribution >= 4 is 38.8 Å². The topological polar surface area (TPSA) is 54.9 Å². The van der Waals surface area contributed by atoms with Gasteiger partial charge in [0.1, 0.15) is 5.01 Å². The Hall–Kier alpha value is -1.79. The van der Waals surface area contributed by atoms with Gasteiger partial charge in [-0.15, -0.1) is 22.7 Å². The first-order valence-corrected chi connectivity index (χ1v) is 10.4. The number of rotatable bonds is 7. The van der Waals surface area contributed by atoms with Gasteiger partial charge in [0.2, 0.25) is 5.91 Å². The van der Waals surface area contributed by atoms with Gasteiger partial charge in [0, 0.05) is 17.5 Å². The minimum atomic E-state index is 0.105. The number of hydrogen-bond donors (Lipinski definition) is 1. The molecule has 0 bridgehead atoms. The normalized spacial score (nSPS) is 15.4. The first-order chi connectivity index (χ1) is 12.2. The van der Waals surface area contributed by atoms with Crippen LogP contribution < -0.4 is 5.32 Å². The Bertz CT molecular complexity index is 849. The van der Waals surface area contributed by atoms with E-state index in [0.717, 1.165) is 28.4 Å². The van der Waals surface area contributed by atoms with Gasteiger partial charge in [-0.05, 0) is 50.7 Å². The molecule has 0 unspecified atom stereocenters. The number of hydrogen-bond acceptors (Lipinski definition) is 5. The van der Waals surface area contributed by atoms with E-state index in [9.17, 15) is 4.79 Å². The first kappa shape index (κ1) is 16.7. The van der Waals surface area contributed by atoms with Crippen LogP contribution in [-0.2, 0) is 11.2 Å². The summed E-state index contributed by atoms with van der Waals surface area (Å²) < 4.78 is 1.22. The van der Waals surface area contributed by atoms with Crippen LogP contribution in [0.5, 0.6) is 0 Å². The second-order valence-corrected chi connectivity index (χ2v) is 9.00. The molecule has 2 heterocycles. The van der Waals surface area contributed by atoms with E-state index in [0.29, 0.717) is 12.3 Å². The Balaban J connectivity index is 1.31. The second-order valence-electron chi connectivity index (χ2n) is 6.62. The highest BCUT2D eigenvalue weighted by atomic mass is 32.1. The fraction of sp³-hybridized carbons (Fsp3) is 0.421. The van der Waals surface area contributed by atoms with Crippen molar-refractivity contribution in [2.75, 3.05) is 0 Å². The van der Waals surface area contributed by atoms with E-state index in [1.54, 1.807) is 22.7 Å². The van der Waals surface area contributed by atoms with E-state index in [-0.39, 0.29) is 11.9 Å². The molecule has 0 radical (unpaired) electrons. The number of aromatic nitrogens is 2. The minimum Gasteiger partial charge on any atom is -0.347 e. The van der Waals surface area contributed by atoms with Crippen molar-refractivity contribution in [3.63, 3.8) is 0 Å². The Morgan fingerprint density at radius 2 is 2.16 bits per heavy atom. The van der Waals surface area contributed by atoms with Crippen LogP contribution in [0.2, 0.25) is 0 Å². The third-order valence-corrected chi connectivity index (χ3v) is 6.54. The standard InChI is InChI=1S/C19H21N3OS2/c1-12-11-20-19(24-12)18(13-9-10-13)22-16(23)7-4-8-17-21-14-5-2-3-6-15(14)25-17/h2-3,5-6,11,13,18H,4,7-10H2,1H3,(H,22,23)/t18-/m1/s1. The monoisotopic (exact) mass is 371 g/mol. The summed E-state index contributed by atoms with van der Waals surface area (Å²) in [7, 11) is 0. The number of thiazole rings is 2. The molecule has 25 heavy (non-hydrogen) atoms. The fourth-order valence-corrected chi connectivity index (χ4v) is 4.93.